The van der Waals surface area contributed by atoms with E-state index in [0.29, 0.717) is 22.4 Å². The molecule has 138 valence electrons. The summed E-state index contributed by atoms with van der Waals surface area (Å²) in [4.78, 5) is 21.0. The van der Waals surface area contributed by atoms with E-state index in [-0.39, 0.29) is 6.54 Å². The number of aliphatic imine (C=N–C) groups is 1. The molecule has 3 heterocycles. The van der Waals surface area contributed by atoms with Crippen molar-refractivity contribution in [3.05, 3.63) is 75.9 Å². The van der Waals surface area contributed by atoms with Crippen molar-refractivity contribution in [3.8, 4) is 0 Å². The van der Waals surface area contributed by atoms with Crippen LogP contribution in [0.25, 0.3) is 11.1 Å². The van der Waals surface area contributed by atoms with Gasteiger partial charge in [-0.2, -0.15) is 0 Å². The van der Waals surface area contributed by atoms with E-state index >= 15 is 0 Å². The first kappa shape index (κ1) is 17.2. The lowest BCUT2D eigenvalue weighted by Gasteiger charge is -2.28. The SMILES string of the molecule is CC1=CC(c2cc(F)c(=O)n(Cc3ccc4ocnc4c3)c2)=NC(C)(C)N1. The summed E-state index contributed by atoms with van der Waals surface area (Å²) in [5, 5.41) is 3.25. The highest BCUT2D eigenvalue weighted by Crippen LogP contribution is 2.18. The molecule has 0 saturated heterocycles. The molecule has 0 saturated carbocycles. The van der Waals surface area contributed by atoms with Crippen molar-refractivity contribution in [2.45, 2.75) is 33.0 Å². The predicted molar refractivity (Wildman–Crippen MR) is 101 cm³/mol. The zero-order valence-corrected chi connectivity index (χ0v) is 15.3. The van der Waals surface area contributed by atoms with E-state index < -0.39 is 17.0 Å². The minimum Gasteiger partial charge on any atom is -0.443 e. The van der Waals surface area contributed by atoms with Crippen LogP contribution in [-0.4, -0.2) is 20.9 Å². The van der Waals surface area contributed by atoms with Crippen LogP contribution in [0.5, 0.6) is 0 Å². The fourth-order valence-electron chi connectivity index (χ4n) is 3.29. The van der Waals surface area contributed by atoms with Crippen molar-refractivity contribution in [1.82, 2.24) is 14.9 Å². The Kier molecular flexibility index (Phi) is 3.95. The Balaban J connectivity index is 1.75. The van der Waals surface area contributed by atoms with Crippen LogP contribution >= 0.6 is 0 Å². The second-order valence-corrected chi connectivity index (χ2v) is 7.17. The van der Waals surface area contributed by atoms with E-state index in [1.807, 2.05) is 39.0 Å². The third kappa shape index (κ3) is 3.40. The number of fused-ring (bicyclic) bond motifs is 1. The number of hydrogen-bond donors (Lipinski definition) is 1. The van der Waals surface area contributed by atoms with Crippen LogP contribution in [0.3, 0.4) is 0 Å². The van der Waals surface area contributed by atoms with Crippen LogP contribution in [0.15, 0.2) is 62.8 Å². The minimum atomic E-state index is -0.805. The average Bonchev–Trinajstić information content (AvgIpc) is 3.04. The topological polar surface area (TPSA) is 72.4 Å². The Morgan fingerprint density at radius 1 is 1.30 bits per heavy atom. The average molecular weight is 366 g/mol. The first-order chi connectivity index (χ1) is 12.8. The molecule has 1 aliphatic rings. The zero-order chi connectivity index (χ0) is 19.2. The summed E-state index contributed by atoms with van der Waals surface area (Å²) in [5.74, 6) is -0.805. The highest BCUT2D eigenvalue weighted by atomic mass is 19.1. The van der Waals surface area contributed by atoms with E-state index in [1.54, 1.807) is 12.3 Å². The second-order valence-electron chi connectivity index (χ2n) is 7.17. The van der Waals surface area contributed by atoms with Gasteiger partial charge >= 0.3 is 0 Å². The Morgan fingerprint density at radius 2 is 2.11 bits per heavy atom. The Morgan fingerprint density at radius 3 is 2.89 bits per heavy atom. The highest BCUT2D eigenvalue weighted by molar-refractivity contribution is 6.09. The Labute approximate surface area is 155 Å². The summed E-state index contributed by atoms with van der Waals surface area (Å²) in [6.07, 6.45) is 4.85. The number of rotatable bonds is 3. The molecule has 6 nitrogen and oxygen atoms in total. The number of halogens is 1. The maximum absolute atomic E-state index is 14.3. The van der Waals surface area contributed by atoms with Crippen LogP contribution in [0, 0.1) is 5.82 Å². The molecule has 1 N–H and O–H groups in total. The molecular weight excluding hydrogens is 347 g/mol. The van der Waals surface area contributed by atoms with Gasteiger partial charge in [-0.05, 0) is 50.6 Å². The molecule has 27 heavy (non-hydrogen) atoms. The Hall–Kier alpha value is -3.22. The predicted octanol–water partition coefficient (Wildman–Crippen LogP) is 3.21. The molecule has 0 atom stereocenters. The monoisotopic (exact) mass is 366 g/mol. The molecule has 4 rings (SSSR count). The van der Waals surface area contributed by atoms with Crippen molar-refractivity contribution in [2.75, 3.05) is 0 Å². The molecule has 0 radical (unpaired) electrons. The van der Waals surface area contributed by atoms with Gasteiger partial charge in [-0.25, -0.2) is 9.37 Å². The van der Waals surface area contributed by atoms with Crippen molar-refractivity contribution >= 4 is 16.8 Å². The molecular formula is C20H19FN4O2. The van der Waals surface area contributed by atoms with E-state index in [2.05, 4.69) is 15.3 Å². The number of nitrogens with one attached hydrogen (secondary N) is 1. The maximum atomic E-state index is 14.3. The van der Waals surface area contributed by atoms with E-state index in [4.69, 9.17) is 4.42 Å². The molecule has 0 amide bonds. The molecule has 2 aromatic heterocycles. The molecule has 1 aromatic carbocycles. The van der Waals surface area contributed by atoms with Gasteiger partial charge in [-0.15, -0.1) is 0 Å². The maximum Gasteiger partial charge on any atom is 0.286 e. The number of benzene rings is 1. The van der Waals surface area contributed by atoms with E-state index in [1.165, 1.54) is 17.0 Å². The van der Waals surface area contributed by atoms with Crippen molar-refractivity contribution < 1.29 is 8.81 Å². The number of allylic oxidation sites excluding steroid dienone is 2. The molecule has 1 aliphatic heterocycles. The quantitative estimate of drug-likeness (QED) is 0.773. The highest BCUT2D eigenvalue weighted by Gasteiger charge is 2.22. The Bertz CT molecular complexity index is 1150. The normalized spacial score (nSPS) is 16.0. The van der Waals surface area contributed by atoms with Gasteiger partial charge < -0.3 is 14.3 Å². The number of oxazole rings is 1. The standard InChI is InChI=1S/C20H19FN4O2/c1-12-6-16(24-20(2,3)23-12)14-8-15(21)19(26)25(10-14)9-13-4-5-18-17(7-13)22-11-27-18/h4-8,10-11,23H,9H2,1-3H3. The van der Waals surface area contributed by atoms with Crippen LogP contribution in [0.4, 0.5) is 4.39 Å². The number of hydrogen-bond acceptors (Lipinski definition) is 5. The summed E-state index contributed by atoms with van der Waals surface area (Å²) in [5.41, 5.74) is 3.14. The number of pyridine rings is 1. The summed E-state index contributed by atoms with van der Waals surface area (Å²) < 4.78 is 20.9. The zero-order valence-electron chi connectivity index (χ0n) is 15.3. The van der Waals surface area contributed by atoms with Gasteiger partial charge in [-0.3, -0.25) is 9.79 Å². The third-order valence-corrected chi connectivity index (χ3v) is 4.34. The van der Waals surface area contributed by atoms with Crippen LogP contribution in [0.1, 0.15) is 31.9 Å². The lowest BCUT2D eigenvalue weighted by Crippen LogP contribution is -2.40. The van der Waals surface area contributed by atoms with Crippen LogP contribution in [-0.2, 0) is 6.54 Å². The molecule has 0 fully saturated rings. The third-order valence-electron chi connectivity index (χ3n) is 4.34. The molecule has 3 aromatic rings. The molecule has 7 heteroatoms. The summed E-state index contributed by atoms with van der Waals surface area (Å²) >= 11 is 0. The summed E-state index contributed by atoms with van der Waals surface area (Å²) in [7, 11) is 0. The van der Waals surface area contributed by atoms with Gasteiger partial charge in [0.2, 0.25) is 0 Å². The lowest BCUT2D eigenvalue weighted by molar-refractivity contribution is 0.446. The lowest BCUT2D eigenvalue weighted by atomic mass is 10.1. The van der Waals surface area contributed by atoms with Crippen LogP contribution < -0.4 is 10.9 Å². The fraction of sp³-hybridized carbons (Fsp3) is 0.250. The van der Waals surface area contributed by atoms with Crippen molar-refractivity contribution in [2.24, 2.45) is 4.99 Å². The number of aromatic nitrogens is 2. The molecule has 0 spiro atoms. The fourth-order valence-corrected chi connectivity index (χ4v) is 3.29. The molecule has 0 bridgehead atoms. The minimum absolute atomic E-state index is 0.226. The van der Waals surface area contributed by atoms with Gasteiger partial charge in [0.25, 0.3) is 5.56 Å². The second kappa shape index (κ2) is 6.19. The van der Waals surface area contributed by atoms with E-state index in [9.17, 15) is 9.18 Å². The van der Waals surface area contributed by atoms with Gasteiger partial charge in [-0.1, -0.05) is 6.07 Å². The van der Waals surface area contributed by atoms with Crippen molar-refractivity contribution in [1.29, 1.82) is 0 Å². The van der Waals surface area contributed by atoms with E-state index in [0.717, 1.165) is 11.3 Å². The van der Waals surface area contributed by atoms with Gasteiger partial charge in [0, 0.05) is 17.5 Å². The summed E-state index contributed by atoms with van der Waals surface area (Å²) in [6.45, 7) is 6.02. The summed E-state index contributed by atoms with van der Waals surface area (Å²) in [6, 6.07) is 6.68. The molecule has 0 aliphatic carbocycles. The van der Waals surface area contributed by atoms with Gasteiger partial charge in [0.1, 0.15) is 11.2 Å². The smallest absolute Gasteiger partial charge is 0.286 e. The van der Waals surface area contributed by atoms with Crippen LogP contribution in [0.2, 0.25) is 0 Å². The van der Waals surface area contributed by atoms with Crippen molar-refractivity contribution in [3.63, 3.8) is 0 Å². The largest absolute Gasteiger partial charge is 0.443 e. The first-order valence-corrected chi connectivity index (χ1v) is 8.59. The van der Waals surface area contributed by atoms with Gasteiger partial charge in [0.05, 0.1) is 12.3 Å². The first-order valence-electron chi connectivity index (χ1n) is 8.59. The molecule has 0 unspecified atom stereocenters. The van der Waals surface area contributed by atoms with Gasteiger partial charge in [0.15, 0.2) is 17.8 Å². The number of nitrogens with zero attached hydrogens (tertiary/aromatic N) is 3.